The van der Waals surface area contributed by atoms with Crippen molar-refractivity contribution in [1.82, 2.24) is 4.98 Å². The van der Waals surface area contributed by atoms with E-state index < -0.39 is 0 Å². The average Bonchev–Trinajstić information content (AvgIpc) is 2.44. The highest BCUT2D eigenvalue weighted by atomic mass is 35.5. The Morgan fingerprint density at radius 2 is 1.90 bits per heavy atom. The molecule has 1 heterocycles. The van der Waals surface area contributed by atoms with Gasteiger partial charge in [0.15, 0.2) is 5.78 Å². The number of rotatable bonds is 4. The quantitative estimate of drug-likeness (QED) is 0.624. The topological polar surface area (TPSA) is 39.2 Å². The second-order valence-corrected chi connectivity index (χ2v) is 4.86. The lowest BCUT2D eigenvalue weighted by atomic mass is 10.1. The van der Waals surface area contributed by atoms with Gasteiger partial charge in [-0.3, -0.25) is 4.79 Å². The normalized spacial score (nSPS) is 10.8. The molecule has 0 aliphatic rings. The third-order valence-corrected chi connectivity index (χ3v) is 2.98. The number of hydrogen-bond acceptors (Lipinski definition) is 3. The second kappa shape index (κ2) is 6.55. The first-order chi connectivity index (χ1) is 9.58. The number of nitrogens with zero attached hydrogens (tertiary/aromatic N) is 1. The number of aromatic nitrogens is 1. The first kappa shape index (κ1) is 14.6. The molecule has 1 aromatic heterocycles. The summed E-state index contributed by atoms with van der Waals surface area (Å²) in [5.74, 6) is 0.309. The van der Waals surface area contributed by atoms with Crippen LogP contribution in [0, 0.1) is 0 Å². The Labute approximate surface area is 126 Å². The first-order valence-corrected chi connectivity index (χ1v) is 6.52. The van der Waals surface area contributed by atoms with Gasteiger partial charge in [0.05, 0.1) is 7.11 Å². The number of hydrogen-bond donors (Lipinski definition) is 0. The Balaban J connectivity index is 2.15. The van der Waals surface area contributed by atoms with Crippen LogP contribution in [0.2, 0.25) is 10.0 Å². The van der Waals surface area contributed by atoms with E-state index in [2.05, 4.69) is 4.98 Å². The lowest BCUT2D eigenvalue weighted by Gasteiger charge is -1.99. The predicted molar refractivity (Wildman–Crippen MR) is 80.6 cm³/mol. The van der Waals surface area contributed by atoms with E-state index in [1.54, 1.807) is 36.4 Å². The largest absolute Gasteiger partial charge is 0.481 e. The third kappa shape index (κ3) is 3.83. The van der Waals surface area contributed by atoms with Crippen molar-refractivity contribution < 1.29 is 9.53 Å². The third-order valence-electron chi connectivity index (χ3n) is 2.54. The number of methoxy groups -OCH3 is 1. The zero-order valence-corrected chi connectivity index (χ0v) is 12.2. The Morgan fingerprint density at radius 3 is 2.45 bits per heavy atom. The number of ketones is 1. The van der Waals surface area contributed by atoms with Crippen molar-refractivity contribution >= 4 is 35.1 Å². The van der Waals surface area contributed by atoms with Crippen LogP contribution in [-0.2, 0) is 0 Å². The number of benzene rings is 1. The summed E-state index contributed by atoms with van der Waals surface area (Å²) in [6, 6.07) is 8.38. The summed E-state index contributed by atoms with van der Waals surface area (Å²) in [5, 5.41) is 1.05. The van der Waals surface area contributed by atoms with Crippen molar-refractivity contribution in [2.45, 2.75) is 0 Å². The molecular formula is C15H11Cl2NO2. The molecule has 102 valence electrons. The minimum absolute atomic E-state index is 0.156. The minimum atomic E-state index is -0.156. The van der Waals surface area contributed by atoms with Crippen molar-refractivity contribution in [2.24, 2.45) is 0 Å². The van der Waals surface area contributed by atoms with Gasteiger partial charge in [0.1, 0.15) is 0 Å². The molecule has 0 aliphatic carbocycles. The van der Waals surface area contributed by atoms with E-state index in [1.807, 2.05) is 0 Å². The molecule has 0 atom stereocenters. The molecular weight excluding hydrogens is 297 g/mol. The van der Waals surface area contributed by atoms with E-state index in [9.17, 15) is 4.79 Å². The summed E-state index contributed by atoms with van der Waals surface area (Å²) in [6.45, 7) is 0. The number of allylic oxidation sites excluding steroid dienone is 1. The predicted octanol–water partition coefficient (Wildman–Crippen LogP) is 4.29. The molecule has 20 heavy (non-hydrogen) atoms. The van der Waals surface area contributed by atoms with Gasteiger partial charge < -0.3 is 4.74 Å². The summed E-state index contributed by atoms with van der Waals surface area (Å²) in [5.41, 5.74) is 1.24. The highest BCUT2D eigenvalue weighted by Crippen LogP contribution is 2.20. The molecule has 0 unspecified atom stereocenters. The maximum atomic E-state index is 12.0. The standard InChI is InChI=1S/C15H11Cl2NO2/c1-20-15-5-3-11(9-18-15)14(19)4-2-10-6-12(16)8-13(17)7-10/h2-9H,1H3. The summed E-state index contributed by atoms with van der Waals surface area (Å²) >= 11 is 11.8. The van der Waals surface area contributed by atoms with E-state index >= 15 is 0 Å². The lowest BCUT2D eigenvalue weighted by molar-refractivity contribution is 0.104. The van der Waals surface area contributed by atoms with Crippen LogP contribution in [0.25, 0.3) is 6.08 Å². The maximum Gasteiger partial charge on any atom is 0.212 e. The zero-order valence-electron chi connectivity index (χ0n) is 10.6. The molecule has 0 N–H and O–H groups in total. The van der Waals surface area contributed by atoms with Gasteiger partial charge in [0.2, 0.25) is 5.88 Å². The van der Waals surface area contributed by atoms with Crippen LogP contribution in [0.5, 0.6) is 5.88 Å². The van der Waals surface area contributed by atoms with Gasteiger partial charge in [0.25, 0.3) is 0 Å². The highest BCUT2D eigenvalue weighted by Gasteiger charge is 2.03. The van der Waals surface area contributed by atoms with E-state index in [-0.39, 0.29) is 5.78 Å². The van der Waals surface area contributed by atoms with Crippen LogP contribution < -0.4 is 4.74 Å². The number of pyridine rings is 1. The minimum Gasteiger partial charge on any atom is -0.481 e. The molecule has 0 saturated carbocycles. The molecule has 0 fully saturated rings. The summed E-state index contributed by atoms with van der Waals surface area (Å²) in [6.07, 6.45) is 4.58. The average molecular weight is 308 g/mol. The number of carbonyl (C=O) groups excluding carboxylic acids is 1. The molecule has 2 aromatic rings. The van der Waals surface area contributed by atoms with Crippen LogP contribution in [0.1, 0.15) is 15.9 Å². The molecule has 0 spiro atoms. The molecule has 5 heteroatoms. The molecule has 3 nitrogen and oxygen atoms in total. The number of ether oxygens (including phenoxy) is 1. The van der Waals surface area contributed by atoms with E-state index in [4.69, 9.17) is 27.9 Å². The molecule has 0 aliphatic heterocycles. The Bertz CT molecular complexity index is 631. The van der Waals surface area contributed by atoms with Gasteiger partial charge in [-0.2, -0.15) is 0 Å². The zero-order chi connectivity index (χ0) is 14.5. The maximum absolute atomic E-state index is 12.0. The fourth-order valence-electron chi connectivity index (χ4n) is 1.59. The lowest BCUT2D eigenvalue weighted by Crippen LogP contribution is -1.96. The Kier molecular flexibility index (Phi) is 4.77. The fourth-order valence-corrected chi connectivity index (χ4v) is 2.13. The van der Waals surface area contributed by atoms with Gasteiger partial charge in [0, 0.05) is 27.9 Å². The SMILES string of the molecule is COc1ccc(C(=O)C=Cc2cc(Cl)cc(Cl)c2)cn1. The van der Waals surface area contributed by atoms with Crippen LogP contribution >= 0.6 is 23.2 Å². The first-order valence-electron chi connectivity index (χ1n) is 5.77. The molecule has 0 saturated heterocycles. The highest BCUT2D eigenvalue weighted by molar-refractivity contribution is 6.34. The fraction of sp³-hybridized carbons (Fsp3) is 0.0667. The van der Waals surface area contributed by atoms with Gasteiger partial charge in [-0.1, -0.05) is 29.3 Å². The summed E-state index contributed by atoms with van der Waals surface area (Å²) in [7, 11) is 1.52. The van der Waals surface area contributed by atoms with E-state index in [0.29, 0.717) is 21.5 Å². The number of carbonyl (C=O) groups is 1. The van der Waals surface area contributed by atoms with Crippen molar-refractivity contribution in [3.05, 3.63) is 63.8 Å². The van der Waals surface area contributed by atoms with E-state index in [0.717, 1.165) is 5.56 Å². The smallest absolute Gasteiger partial charge is 0.212 e. The van der Waals surface area contributed by atoms with Gasteiger partial charge in [-0.15, -0.1) is 0 Å². The molecule has 0 bridgehead atoms. The number of halogens is 2. The van der Waals surface area contributed by atoms with Gasteiger partial charge >= 0.3 is 0 Å². The van der Waals surface area contributed by atoms with Crippen molar-refractivity contribution in [1.29, 1.82) is 0 Å². The molecule has 2 rings (SSSR count). The van der Waals surface area contributed by atoms with Crippen LogP contribution in [-0.4, -0.2) is 17.9 Å². The molecule has 0 radical (unpaired) electrons. The van der Waals surface area contributed by atoms with Crippen LogP contribution in [0.3, 0.4) is 0 Å². The van der Waals surface area contributed by atoms with Gasteiger partial charge in [-0.05, 0) is 35.9 Å². The monoisotopic (exact) mass is 307 g/mol. The van der Waals surface area contributed by atoms with Crippen LogP contribution in [0.15, 0.2) is 42.6 Å². The van der Waals surface area contributed by atoms with Crippen molar-refractivity contribution in [2.75, 3.05) is 7.11 Å². The summed E-state index contributed by atoms with van der Waals surface area (Å²) in [4.78, 5) is 15.9. The Morgan fingerprint density at radius 1 is 1.20 bits per heavy atom. The van der Waals surface area contributed by atoms with Crippen LogP contribution in [0.4, 0.5) is 0 Å². The van der Waals surface area contributed by atoms with Crippen molar-refractivity contribution in [3.8, 4) is 5.88 Å². The van der Waals surface area contributed by atoms with Gasteiger partial charge in [-0.25, -0.2) is 4.98 Å². The summed E-state index contributed by atoms with van der Waals surface area (Å²) < 4.78 is 4.93. The Hall–Kier alpha value is -1.84. The second-order valence-electron chi connectivity index (χ2n) is 3.99. The molecule has 1 aromatic carbocycles. The molecule has 0 amide bonds. The van der Waals surface area contributed by atoms with E-state index in [1.165, 1.54) is 19.4 Å². The van der Waals surface area contributed by atoms with Crippen molar-refractivity contribution in [3.63, 3.8) is 0 Å².